The van der Waals surface area contributed by atoms with Crippen molar-refractivity contribution in [2.75, 3.05) is 42.9 Å². The van der Waals surface area contributed by atoms with Crippen molar-refractivity contribution in [1.29, 1.82) is 0 Å². The van der Waals surface area contributed by atoms with Crippen LogP contribution < -0.4 is 10.2 Å². The van der Waals surface area contributed by atoms with Crippen molar-refractivity contribution in [2.45, 2.75) is 13.8 Å². The predicted octanol–water partition coefficient (Wildman–Crippen LogP) is 3.20. The van der Waals surface area contributed by atoms with Crippen LogP contribution in [0.3, 0.4) is 0 Å². The molecule has 132 valence electrons. The molecule has 2 aromatic carbocycles. The molecule has 1 aliphatic heterocycles. The first-order valence-electron chi connectivity index (χ1n) is 8.62. The number of piperazine rings is 1. The number of carbonyl (C=O) groups excluding carboxylic acids is 1. The Morgan fingerprint density at radius 2 is 1.68 bits per heavy atom. The summed E-state index contributed by atoms with van der Waals surface area (Å²) in [5, 5.41) is 3.21. The van der Waals surface area contributed by atoms with Crippen molar-refractivity contribution < 1.29 is 9.18 Å². The van der Waals surface area contributed by atoms with E-state index in [1.165, 1.54) is 23.3 Å². The summed E-state index contributed by atoms with van der Waals surface area (Å²) in [6.45, 7) is 7.35. The zero-order chi connectivity index (χ0) is 17.8. The first-order chi connectivity index (χ1) is 12.0. The Morgan fingerprint density at radius 1 is 1.00 bits per heavy atom. The molecule has 0 aliphatic carbocycles. The highest BCUT2D eigenvalue weighted by atomic mass is 19.1. The third-order valence-electron chi connectivity index (χ3n) is 4.77. The van der Waals surface area contributed by atoms with Crippen LogP contribution in [0, 0.1) is 19.7 Å². The number of nitrogens with one attached hydrogen (secondary N) is 1. The van der Waals surface area contributed by atoms with Gasteiger partial charge < -0.3 is 15.1 Å². The Morgan fingerprint density at radius 3 is 2.32 bits per heavy atom. The molecule has 1 saturated heterocycles. The van der Waals surface area contributed by atoms with Crippen LogP contribution in [0.5, 0.6) is 0 Å². The molecule has 0 aromatic heterocycles. The fraction of sp³-hybridized carbons (Fsp3) is 0.350. The lowest BCUT2D eigenvalue weighted by molar-refractivity contribution is -0.129. The zero-order valence-electron chi connectivity index (χ0n) is 14.8. The highest BCUT2D eigenvalue weighted by molar-refractivity contribution is 5.81. The Hall–Kier alpha value is -2.56. The molecule has 0 unspecified atom stereocenters. The van der Waals surface area contributed by atoms with E-state index in [0.29, 0.717) is 19.6 Å². The minimum absolute atomic E-state index is 0.108. The maximum atomic E-state index is 13.0. The van der Waals surface area contributed by atoms with Gasteiger partial charge in [0.15, 0.2) is 0 Å². The fourth-order valence-corrected chi connectivity index (χ4v) is 3.01. The molecule has 1 heterocycles. The fourth-order valence-electron chi connectivity index (χ4n) is 3.01. The standard InChI is InChI=1S/C20H24FN3O/c1-15-3-6-18(13-16(15)2)22-14-20(25)24-11-9-23(10-12-24)19-7-4-17(21)5-8-19/h3-8,13,22H,9-12,14H2,1-2H3. The lowest BCUT2D eigenvalue weighted by atomic mass is 10.1. The topological polar surface area (TPSA) is 35.6 Å². The molecule has 1 aliphatic rings. The van der Waals surface area contributed by atoms with Crippen LogP contribution in [-0.2, 0) is 4.79 Å². The maximum Gasteiger partial charge on any atom is 0.241 e. The van der Waals surface area contributed by atoms with Crippen LogP contribution >= 0.6 is 0 Å². The van der Waals surface area contributed by atoms with Crippen LogP contribution in [0.4, 0.5) is 15.8 Å². The summed E-state index contributed by atoms with van der Waals surface area (Å²) >= 11 is 0. The van der Waals surface area contributed by atoms with Crippen molar-refractivity contribution in [3.05, 3.63) is 59.4 Å². The third kappa shape index (κ3) is 4.29. The summed E-state index contributed by atoms with van der Waals surface area (Å²) < 4.78 is 13.0. The van der Waals surface area contributed by atoms with E-state index < -0.39 is 0 Å². The number of rotatable bonds is 4. The normalized spacial score (nSPS) is 14.5. The SMILES string of the molecule is Cc1ccc(NCC(=O)N2CCN(c3ccc(F)cc3)CC2)cc1C. The monoisotopic (exact) mass is 341 g/mol. The van der Waals surface area contributed by atoms with Crippen molar-refractivity contribution in [3.63, 3.8) is 0 Å². The average molecular weight is 341 g/mol. The van der Waals surface area contributed by atoms with Crippen molar-refractivity contribution in [1.82, 2.24) is 4.90 Å². The van der Waals surface area contributed by atoms with Gasteiger partial charge in [0.2, 0.25) is 5.91 Å². The molecular weight excluding hydrogens is 317 g/mol. The van der Waals surface area contributed by atoms with Gasteiger partial charge in [0.1, 0.15) is 5.82 Å². The van der Waals surface area contributed by atoms with E-state index in [9.17, 15) is 9.18 Å². The number of carbonyl (C=O) groups is 1. The summed E-state index contributed by atoms with van der Waals surface area (Å²) in [7, 11) is 0. The first-order valence-corrected chi connectivity index (χ1v) is 8.62. The quantitative estimate of drug-likeness (QED) is 0.928. The van der Waals surface area contributed by atoms with E-state index >= 15 is 0 Å². The summed E-state index contributed by atoms with van der Waals surface area (Å²) in [6.07, 6.45) is 0. The zero-order valence-corrected chi connectivity index (χ0v) is 14.8. The Kier molecular flexibility index (Phi) is 5.22. The number of halogens is 1. The van der Waals surface area contributed by atoms with Crippen molar-refractivity contribution in [2.24, 2.45) is 0 Å². The number of hydrogen-bond donors (Lipinski definition) is 1. The number of benzene rings is 2. The lowest BCUT2D eigenvalue weighted by Gasteiger charge is -2.36. The van der Waals surface area contributed by atoms with Gasteiger partial charge in [-0.05, 0) is 61.4 Å². The van der Waals surface area contributed by atoms with Crippen LogP contribution in [0.25, 0.3) is 0 Å². The number of aryl methyl sites for hydroxylation is 2. The van der Waals surface area contributed by atoms with Gasteiger partial charge in [-0.1, -0.05) is 6.07 Å². The van der Waals surface area contributed by atoms with Gasteiger partial charge in [-0.25, -0.2) is 4.39 Å². The Balaban J connectivity index is 1.49. The van der Waals surface area contributed by atoms with Gasteiger partial charge in [0, 0.05) is 37.6 Å². The highest BCUT2D eigenvalue weighted by Crippen LogP contribution is 2.17. The molecule has 5 heteroatoms. The number of amides is 1. The Bertz CT molecular complexity index is 737. The molecule has 1 fully saturated rings. The van der Waals surface area contributed by atoms with Gasteiger partial charge in [-0.3, -0.25) is 4.79 Å². The highest BCUT2D eigenvalue weighted by Gasteiger charge is 2.21. The van der Waals surface area contributed by atoms with E-state index in [-0.39, 0.29) is 11.7 Å². The molecule has 0 radical (unpaired) electrons. The van der Waals surface area contributed by atoms with Gasteiger partial charge in [-0.2, -0.15) is 0 Å². The van der Waals surface area contributed by atoms with E-state index in [4.69, 9.17) is 0 Å². The molecule has 4 nitrogen and oxygen atoms in total. The molecule has 0 bridgehead atoms. The molecular formula is C20H24FN3O. The average Bonchev–Trinajstić information content (AvgIpc) is 2.63. The van der Waals surface area contributed by atoms with Crippen LogP contribution in [0.1, 0.15) is 11.1 Å². The maximum absolute atomic E-state index is 13.0. The lowest BCUT2D eigenvalue weighted by Crippen LogP contribution is -2.50. The predicted molar refractivity (Wildman–Crippen MR) is 99.6 cm³/mol. The molecule has 0 spiro atoms. The second kappa shape index (κ2) is 7.55. The summed E-state index contributed by atoms with van der Waals surface area (Å²) in [4.78, 5) is 16.5. The summed E-state index contributed by atoms with van der Waals surface area (Å²) in [5.74, 6) is -0.119. The van der Waals surface area contributed by atoms with Gasteiger partial charge in [0.05, 0.1) is 6.54 Å². The minimum atomic E-state index is -0.227. The van der Waals surface area contributed by atoms with Gasteiger partial charge >= 0.3 is 0 Å². The van der Waals surface area contributed by atoms with Crippen LogP contribution in [0.2, 0.25) is 0 Å². The van der Waals surface area contributed by atoms with Crippen LogP contribution in [0.15, 0.2) is 42.5 Å². The van der Waals surface area contributed by atoms with Crippen molar-refractivity contribution in [3.8, 4) is 0 Å². The van der Waals surface area contributed by atoms with E-state index in [1.807, 2.05) is 11.0 Å². The largest absolute Gasteiger partial charge is 0.376 e. The minimum Gasteiger partial charge on any atom is -0.376 e. The summed E-state index contributed by atoms with van der Waals surface area (Å²) in [5.41, 5.74) is 4.43. The third-order valence-corrected chi connectivity index (χ3v) is 4.77. The second-order valence-electron chi connectivity index (χ2n) is 6.50. The molecule has 0 atom stereocenters. The first kappa shape index (κ1) is 17.3. The molecule has 2 aromatic rings. The summed E-state index contributed by atoms with van der Waals surface area (Å²) in [6, 6.07) is 12.6. The molecule has 3 rings (SSSR count). The number of hydrogen-bond acceptors (Lipinski definition) is 3. The van der Waals surface area contributed by atoms with E-state index in [1.54, 1.807) is 12.1 Å². The molecule has 0 saturated carbocycles. The van der Waals surface area contributed by atoms with Gasteiger partial charge in [0.25, 0.3) is 0 Å². The Labute approximate surface area is 148 Å². The van der Waals surface area contributed by atoms with Crippen molar-refractivity contribution >= 4 is 17.3 Å². The number of nitrogens with zero attached hydrogens (tertiary/aromatic N) is 2. The molecule has 1 amide bonds. The smallest absolute Gasteiger partial charge is 0.241 e. The van der Waals surface area contributed by atoms with Gasteiger partial charge in [-0.15, -0.1) is 0 Å². The van der Waals surface area contributed by atoms with E-state index in [2.05, 4.69) is 36.2 Å². The molecule has 25 heavy (non-hydrogen) atoms. The second-order valence-corrected chi connectivity index (χ2v) is 6.50. The molecule has 1 N–H and O–H groups in total. The van der Waals surface area contributed by atoms with E-state index in [0.717, 1.165) is 24.5 Å². The van der Waals surface area contributed by atoms with Crippen LogP contribution in [-0.4, -0.2) is 43.5 Å². The number of anilines is 2.